The fourth-order valence-electron chi connectivity index (χ4n) is 1.96. The minimum atomic E-state index is -1.03. The molecule has 3 rings (SSSR count). The molecule has 1 N–H and O–H groups in total. The van der Waals surface area contributed by atoms with Crippen LogP contribution in [0.4, 0.5) is 5.82 Å². The average molecular weight is 418 g/mol. The lowest BCUT2D eigenvalue weighted by Gasteiger charge is -2.04. The lowest BCUT2D eigenvalue weighted by atomic mass is 10.3. The summed E-state index contributed by atoms with van der Waals surface area (Å²) in [6.45, 7) is 0. The molecule has 146 valence electrons. The third kappa shape index (κ3) is 6.67. The predicted octanol–water partition coefficient (Wildman–Crippen LogP) is 4.63. The van der Waals surface area contributed by atoms with E-state index in [2.05, 4.69) is 4.98 Å². The monoisotopic (exact) mass is 418 g/mol. The number of phenols is 1. The SMILES string of the molecule is CS(=O)c1ccc(Oc2ccc([N+](=O)[O-])nc2)cc1.CSc1ccc(O)cc1. The van der Waals surface area contributed by atoms with Crippen molar-refractivity contribution in [2.24, 2.45) is 0 Å². The third-order valence-electron chi connectivity index (χ3n) is 3.37. The first-order valence-corrected chi connectivity index (χ1v) is 10.7. The van der Waals surface area contributed by atoms with Crippen LogP contribution in [0.5, 0.6) is 17.2 Å². The van der Waals surface area contributed by atoms with Gasteiger partial charge < -0.3 is 20.0 Å². The van der Waals surface area contributed by atoms with Crippen molar-refractivity contribution in [1.82, 2.24) is 4.98 Å². The fourth-order valence-corrected chi connectivity index (χ4v) is 2.89. The van der Waals surface area contributed by atoms with Gasteiger partial charge in [-0.2, -0.15) is 0 Å². The number of thioether (sulfide) groups is 1. The zero-order chi connectivity index (χ0) is 20.5. The number of nitro groups is 1. The summed E-state index contributed by atoms with van der Waals surface area (Å²) in [6, 6.07) is 16.6. The molecule has 0 amide bonds. The first kappa shape index (κ1) is 21.4. The molecule has 1 heterocycles. The van der Waals surface area contributed by atoms with Gasteiger partial charge in [0.15, 0.2) is 11.9 Å². The summed E-state index contributed by atoms with van der Waals surface area (Å²) >= 11 is 1.67. The van der Waals surface area contributed by atoms with E-state index >= 15 is 0 Å². The van der Waals surface area contributed by atoms with E-state index in [1.807, 2.05) is 18.4 Å². The van der Waals surface area contributed by atoms with Gasteiger partial charge in [0.1, 0.15) is 11.5 Å². The van der Waals surface area contributed by atoms with Crippen LogP contribution in [0.3, 0.4) is 0 Å². The van der Waals surface area contributed by atoms with E-state index in [1.54, 1.807) is 54.4 Å². The number of rotatable bonds is 5. The molecule has 7 nitrogen and oxygen atoms in total. The van der Waals surface area contributed by atoms with Crippen LogP contribution < -0.4 is 4.74 Å². The maximum atomic E-state index is 11.2. The first-order chi connectivity index (χ1) is 13.4. The van der Waals surface area contributed by atoms with Crippen LogP contribution in [0.2, 0.25) is 0 Å². The Morgan fingerprint density at radius 3 is 2.11 bits per heavy atom. The van der Waals surface area contributed by atoms with E-state index in [0.29, 0.717) is 22.1 Å². The number of hydrogen-bond acceptors (Lipinski definition) is 7. The number of nitrogens with zero attached hydrogens (tertiary/aromatic N) is 2. The van der Waals surface area contributed by atoms with Crippen LogP contribution in [0.1, 0.15) is 0 Å². The Hall–Kier alpha value is -2.91. The van der Waals surface area contributed by atoms with Gasteiger partial charge in [-0.1, -0.05) is 0 Å². The van der Waals surface area contributed by atoms with Gasteiger partial charge >= 0.3 is 5.82 Å². The number of aromatic nitrogens is 1. The summed E-state index contributed by atoms with van der Waals surface area (Å²) in [4.78, 5) is 15.4. The predicted molar refractivity (Wildman–Crippen MR) is 110 cm³/mol. The Kier molecular flexibility index (Phi) is 7.97. The molecule has 3 aromatic rings. The number of pyridine rings is 1. The van der Waals surface area contributed by atoms with Crippen LogP contribution >= 0.6 is 11.8 Å². The highest BCUT2D eigenvalue weighted by Gasteiger charge is 2.07. The molecule has 1 unspecified atom stereocenters. The molecule has 0 saturated heterocycles. The van der Waals surface area contributed by atoms with Crippen molar-refractivity contribution in [3.63, 3.8) is 0 Å². The van der Waals surface area contributed by atoms with Gasteiger partial charge in [0.25, 0.3) is 0 Å². The van der Waals surface area contributed by atoms with E-state index in [0.717, 1.165) is 0 Å². The molecule has 0 saturated carbocycles. The molecule has 0 aliphatic heterocycles. The van der Waals surface area contributed by atoms with E-state index in [1.165, 1.54) is 23.2 Å². The van der Waals surface area contributed by atoms with Crippen molar-refractivity contribution < 1.29 is 19.0 Å². The third-order valence-corrected chi connectivity index (χ3v) is 5.05. The molecule has 28 heavy (non-hydrogen) atoms. The minimum Gasteiger partial charge on any atom is -0.508 e. The molecule has 0 radical (unpaired) electrons. The lowest BCUT2D eigenvalue weighted by molar-refractivity contribution is -0.389. The molecule has 0 bridgehead atoms. The Balaban J connectivity index is 0.000000261. The fraction of sp³-hybridized carbons (Fsp3) is 0.105. The second-order valence-corrected chi connectivity index (χ2v) is 7.59. The van der Waals surface area contributed by atoms with Crippen molar-refractivity contribution in [1.29, 1.82) is 0 Å². The Bertz CT molecular complexity index is 875. The van der Waals surface area contributed by atoms with Crippen molar-refractivity contribution in [2.45, 2.75) is 9.79 Å². The first-order valence-electron chi connectivity index (χ1n) is 7.94. The molecule has 1 aromatic heterocycles. The molecule has 0 fully saturated rings. The molecule has 0 spiro atoms. The summed E-state index contributed by atoms with van der Waals surface area (Å²) in [7, 11) is -1.03. The van der Waals surface area contributed by atoms with Crippen LogP contribution in [0, 0.1) is 10.1 Å². The van der Waals surface area contributed by atoms with Gasteiger partial charge in [0.2, 0.25) is 0 Å². The van der Waals surface area contributed by atoms with E-state index in [9.17, 15) is 14.3 Å². The molecule has 2 aromatic carbocycles. The topological polar surface area (TPSA) is 103 Å². The highest BCUT2D eigenvalue weighted by molar-refractivity contribution is 7.98. The van der Waals surface area contributed by atoms with E-state index in [4.69, 9.17) is 9.84 Å². The summed E-state index contributed by atoms with van der Waals surface area (Å²) in [5, 5.41) is 19.3. The normalized spacial score (nSPS) is 11.1. The van der Waals surface area contributed by atoms with Crippen molar-refractivity contribution >= 4 is 28.4 Å². The Labute approximate surface area is 169 Å². The zero-order valence-electron chi connectivity index (χ0n) is 15.1. The zero-order valence-corrected chi connectivity index (χ0v) is 16.8. The molecular formula is C19H18N2O5S2. The number of benzene rings is 2. The van der Waals surface area contributed by atoms with Gasteiger partial charge in [0, 0.05) is 32.9 Å². The highest BCUT2D eigenvalue weighted by Crippen LogP contribution is 2.23. The lowest BCUT2D eigenvalue weighted by Crippen LogP contribution is -1.92. The number of phenolic OH excluding ortho intramolecular Hbond substituents is 1. The second-order valence-electron chi connectivity index (χ2n) is 5.33. The van der Waals surface area contributed by atoms with Crippen LogP contribution in [-0.2, 0) is 10.8 Å². The molecule has 0 aliphatic rings. The van der Waals surface area contributed by atoms with Crippen molar-refractivity contribution in [3.8, 4) is 17.2 Å². The van der Waals surface area contributed by atoms with Gasteiger partial charge in [-0.15, -0.1) is 11.8 Å². The molecule has 0 aliphatic carbocycles. The van der Waals surface area contributed by atoms with Crippen LogP contribution in [0.15, 0.2) is 76.7 Å². The van der Waals surface area contributed by atoms with Crippen LogP contribution in [0.25, 0.3) is 0 Å². The summed E-state index contributed by atoms with van der Waals surface area (Å²) in [5.74, 6) is 1.04. The highest BCUT2D eigenvalue weighted by atomic mass is 32.2. The minimum absolute atomic E-state index is 0.232. The number of hydrogen-bond donors (Lipinski definition) is 1. The van der Waals surface area contributed by atoms with Gasteiger partial charge in [-0.05, 0) is 70.8 Å². The molecule has 9 heteroatoms. The number of ether oxygens (including phenoxy) is 1. The maximum Gasteiger partial charge on any atom is 0.363 e. The molecule has 1 atom stereocenters. The summed E-state index contributed by atoms with van der Waals surface area (Å²) < 4.78 is 16.7. The Morgan fingerprint density at radius 1 is 1.04 bits per heavy atom. The molecular weight excluding hydrogens is 400 g/mol. The quantitative estimate of drug-likeness (QED) is 0.366. The summed E-state index contributed by atoms with van der Waals surface area (Å²) in [5.41, 5.74) is 0. The smallest absolute Gasteiger partial charge is 0.363 e. The van der Waals surface area contributed by atoms with Gasteiger partial charge in [-0.25, -0.2) is 0 Å². The van der Waals surface area contributed by atoms with Gasteiger partial charge in [0.05, 0.1) is 0 Å². The second kappa shape index (κ2) is 10.4. The van der Waals surface area contributed by atoms with Gasteiger partial charge in [-0.3, -0.25) is 4.21 Å². The van der Waals surface area contributed by atoms with E-state index in [-0.39, 0.29) is 5.82 Å². The standard InChI is InChI=1S/C12H10N2O4S.C7H8OS/c1-19(17)11-5-2-9(3-6-11)18-10-4-7-12(13-8-10)14(15)16;1-9-7-4-2-6(8)3-5-7/h2-8H,1H3;2-5,8H,1H3. The van der Waals surface area contributed by atoms with E-state index < -0.39 is 15.7 Å². The van der Waals surface area contributed by atoms with Crippen LogP contribution in [-0.4, -0.2) is 31.7 Å². The largest absolute Gasteiger partial charge is 0.508 e. The van der Waals surface area contributed by atoms with Crippen molar-refractivity contribution in [3.05, 3.63) is 77.0 Å². The van der Waals surface area contributed by atoms with Crippen molar-refractivity contribution in [2.75, 3.05) is 12.5 Å². The summed E-state index contributed by atoms with van der Waals surface area (Å²) in [6.07, 6.45) is 4.88. The average Bonchev–Trinajstić information content (AvgIpc) is 2.70. The number of aromatic hydroxyl groups is 1. The maximum absolute atomic E-state index is 11.2. The Morgan fingerprint density at radius 2 is 1.64 bits per heavy atom.